The summed E-state index contributed by atoms with van der Waals surface area (Å²) in [5, 5.41) is 4.97. The molecule has 6 heteroatoms. The van der Waals surface area contributed by atoms with E-state index in [9.17, 15) is 0 Å². The van der Waals surface area contributed by atoms with Gasteiger partial charge in [0.1, 0.15) is 5.84 Å². The van der Waals surface area contributed by atoms with Gasteiger partial charge in [-0.1, -0.05) is 61.4 Å². The molecule has 0 spiro atoms. The number of aromatic nitrogens is 1. The van der Waals surface area contributed by atoms with Gasteiger partial charge in [0.2, 0.25) is 5.96 Å². The molecule has 0 radical (unpaired) electrons. The van der Waals surface area contributed by atoms with Crippen LogP contribution in [0, 0.1) is 5.92 Å². The number of nitrogens with one attached hydrogen (secondary N) is 1. The van der Waals surface area contributed by atoms with Gasteiger partial charge in [0, 0.05) is 36.6 Å². The molecule has 1 saturated heterocycles. The first-order chi connectivity index (χ1) is 16.8. The fraction of sp³-hybridized carbons (Fsp3) is 0.429. The van der Waals surface area contributed by atoms with Gasteiger partial charge < -0.3 is 10.1 Å². The van der Waals surface area contributed by atoms with E-state index >= 15 is 0 Å². The molecule has 2 unspecified atom stereocenters. The van der Waals surface area contributed by atoms with Gasteiger partial charge in [0.25, 0.3) is 0 Å². The van der Waals surface area contributed by atoms with Crippen LogP contribution < -0.4 is 5.32 Å². The Morgan fingerprint density at radius 1 is 0.971 bits per heavy atom. The average molecular weight is 456 g/mol. The molecule has 1 N–H and O–H groups in total. The molecule has 3 heterocycles. The minimum absolute atomic E-state index is 0.303. The number of hydrogen-bond donors (Lipinski definition) is 1. The van der Waals surface area contributed by atoms with E-state index in [4.69, 9.17) is 14.7 Å². The summed E-state index contributed by atoms with van der Waals surface area (Å²) in [6, 6.07) is 21.8. The predicted molar refractivity (Wildman–Crippen MR) is 137 cm³/mol. The molecular weight excluding hydrogens is 422 g/mol. The van der Waals surface area contributed by atoms with Crippen LogP contribution in [0.4, 0.5) is 0 Å². The quantitative estimate of drug-likeness (QED) is 0.633. The minimum Gasteiger partial charge on any atom is -0.379 e. The van der Waals surface area contributed by atoms with Crippen molar-refractivity contribution >= 4 is 22.7 Å². The van der Waals surface area contributed by atoms with Crippen molar-refractivity contribution in [2.75, 3.05) is 26.3 Å². The zero-order chi connectivity index (χ0) is 22.7. The number of aliphatic imine (C=N–C) groups is 2. The monoisotopic (exact) mass is 455 g/mol. The number of nitrogens with zero attached hydrogens (tertiary/aromatic N) is 4. The second-order valence-electron chi connectivity index (χ2n) is 9.64. The Kier molecular flexibility index (Phi) is 6.17. The van der Waals surface area contributed by atoms with E-state index < -0.39 is 0 Å². The number of hydrogen-bond acceptors (Lipinski definition) is 4. The molecule has 6 rings (SSSR count). The highest BCUT2D eigenvalue weighted by atomic mass is 16.5. The average Bonchev–Trinajstić information content (AvgIpc) is 3.26. The highest BCUT2D eigenvalue weighted by Gasteiger charge is 2.34. The lowest BCUT2D eigenvalue weighted by atomic mass is 9.83. The number of rotatable bonds is 4. The van der Waals surface area contributed by atoms with E-state index in [2.05, 4.69) is 75.4 Å². The van der Waals surface area contributed by atoms with E-state index in [0.29, 0.717) is 18.5 Å². The molecule has 176 valence electrons. The van der Waals surface area contributed by atoms with Crippen LogP contribution in [-0.4, -0.2) is 53.6 Å². The highest BCUT2D eigenvalue weighted by Crippen LogP contribution is 2.31. The molecule has 2 atom stereocenters. The summed E-state index contributed by atoms with van der Waals surface area (Å²) in [5.41, 5.74) is 3.72. The topological polar surface area (TPSA) is 54.2 Å². The summed E-state index contributed by atoms with van der Waals surface area (Å²) < 4.78 is 7.92. The van der Waals surface area contributed by atoms with Gasteiger partial charge in [-0.05, 0) is 30.5 Å². The molecule has 34 heavy (non-hydrogen) atoms. The van der Waals surface area contributed by atoms with Crippen LogP contribution in [0.2, 0.25) is 0 Å². The Labute approximate surface area is 201 Å². The van der Waals surface area contributed by atoms with Gasteiger partial charge >= 0.3 is 0 Å². The van der Waals surface area contributed by atoms with Crippen LogP contribution in [0.1, 0.15) is 36.9 Å². The Balaban J connectivity index is 1.37. The predicted octanol–water partition coefficient (Wildman–Crippen LogP) is 4.44. The smallest absolute Gasteiger partial charge is 0.208 e. The van der Waals surface area contributed by atoms with E-state index in [0.717, 1.165) is 57.5 Å². The summed E-state index contributed by atoms with van der Waals surface area (Å²) in [7, 11) is 0. The summed E-state index contributed by atoms with van der Waals surface area (Å²) in [4.78, 5) is 12.9. The SMILES string of the molecule is c1ccc(CN=C2NC(n3c(CN4CCOCC4)cc4ccccc43)=NC3CCCCC23)cc1. The molecule has 1 saturated carbocycles. The summed E-state index contributed by atoms with van der Waals surface area (Å²) in [6.45, 7) is 5.14. The zero-order valence-corrected chi connectivity index (χ0v) is 19.7. The van der Waals surface area contributed by atoms with Gasteiger partial charge in [0.15, 0.2) is 0 Å². The number of morpholine rings is 1. The van der Waals surface area contributed by atoms with Crippen molar-refractivity contribution in [3.05, 3.63) is 71.9 Å². The lowest BCUT2D eigenvalue weighted by Crippen LogP contribution is -2.50. The van der Waals surface area contributed by atoms with Gasteiger partial charge in [-0.25, -0.2) is 4.99 Å². The van der Waals surface area contributed by atoms with Gasteiger partial charge in [-0.2, -0.15) is 0 Å². The lowest BCUT2D eigenvalue weighted by molar-refractivity contribution is 0.0335. The maximum absolute atomic E-state index is 5.58. The van der Waals surface area contributed by atoms with Crippen molar-refractivity contribution < 1.29 is 4.74 Å². The molecule has 6 nitrogen and oxygen atoms in total. The van der Waals surface area contributed by atoms with E-state index in [1.54, 1.807) is 0 Å². The maximum atomic E-state index is 5.58. The molecular formula is C28H33N5O. The molecule has 1 aliphatic carbocycles. The Morgan fingerprint density at radius 2 is 1.76 bits per heavy atom. The molecule has 2 fully saturated rings. The van der Waals surface area contributed by atoms with E-state index in [1.807, 2.05) is 0 Å². The largest absolute Gasteiger partial charge is 0.379 e. The molecule has 0 bridgehead atoms. The molecule has 1 aromatic heterocycles. The Bertz CT molecular complexity index is 1190. The Morgan fingerprint density at radius 3 is 2.65 bits per heavy atom. The molecule has 3 aliphatic rings. The van der Waals surface area contributed by atoms with Crippen LogP contribution in [-0.2, 0) is 17.8 Å². The van der Waals surface area contributed by atoms with Gasteiger partial charge in [0.05, 0.1) is 31.3 Å². The van der Waals surface area contributed by atoms with Crippen LogP contribution in [0.5, 0.6) is 0 Å². The fourth-order valence-corrected chi connectivity index (χ4v) is 5.58. The maximum Gasteiger partial charge on any atom is 0.208 e. The van der Waals surface area contributed by atoms with Crippen LogP contribution >= 0.6 is 0 Å². The van der Waals surface area contributed by atoms with Gasteiger partial charge in [-0.15, -0.1) is 0 Å². The molecule has 3 aromatic rings. The van der Waals surface area contributed by atoms with Crippen molar-refractivity contribution in [1.29, 1.82) is 0 Å². The normalized spacial score (nSPS) is 24.6. The van der Waals surface area contributed by atoms with Crippen molar-refractivity contribution in [3.63, 3.8) is 0 Å². The number of ether oxygens (including phenoxy) is 1. The number of para-hydroxylation sites is 1. The number of benzene rings is 2. The van der Waals surface area contributed by atoms with Crippen molar-refractivity contribution in [1.82, 2.24) is 14.8 Å². The molecule has 2 aromatic carbocycles. The van der Waals surface area contributed by atoms with Crippen LogP contribution in [0.25, 0.3) is 10.9 Å². The van der Waals surface area contributed by atoms with E-state index in [-0.39, 0.29) is 0 Å². The van der Waals surface area contributed by atoms with Gasteiger partial charge in [-0.3, -0.25) is 14.5 Å². The summed E-state index contributed by atoms with van der Waals surface area (Å²) >= 11 is 0. The first kappa shape index (κ1) is 21.6. The fourth-order valence-electron chi connectivity index (χ4n) is 5.58. The second kappa shape index (κ2) is 9.72. The summed E-state index contributed by atoms with van der Waals surface area (Å²) in [5.74, 6) is 2.43. The number of fused-ring (bicyclic) bond motifs is 2. The van der Waals surface area contributed by atoms with Crippen molar-refractivity contribution in [2.24, 2.45) is 15.9 Å². The third-order valence-electron chi connectivity index (χ3n) is 7.37. The molecule has 2 aliphatic heterocycles. The third-order valence-corrected chi connectivity index (χ3v) is 7.37. The third kappa shape index (κ3) is 4.40. The van der Waals surface area contributed by atoms with Crippen molar-refractivity contribution in [2.45, 2.75) is 44.8 Å². The first-order valence-electron chi connectivity index (χ1n) is 12.7. The standard InChI is InChI=1S/C28H33N5O/c1-2-8-21(9-3-1)19-29-27-24-11-5-6-12-25(24)30-28(31-27)33-23(20-32-14-16-34-17-15-32)18-22-10-4-7-13-26(22)33/h1-4,7-10,13,18,24-25H,5-6,11-12,14-17,19-20H2,(H,29,30,31). The molecule has 0 amide bonds. The first-order valence-corrected chi connectivity index (χ1v) is 12.7. The lowest BCUT2D eigenvalue weighted by Gasteiger charge is -2.36. The minimum atomic E-state index is 0.303. The van der Waals surface area contributed by atoms with E-state index in [1.165, 1.54) is 35.0 Å². The highest BCUT2D eigenvalue weighted by molar-refractivity contribution is 6.07. The van der Waals surface area contributed by atoms with Crippen molar-refractivity contribution in [3.8, 4) is 0 Å². The van der Waals surface area contributed by atoms with Crippen LogP contribution in [0.15, 0.2) is 70.6 Å². The Hall–Kier alpha value is -2.96. The second-order valence-corrected chi connectivity index (χ2v) is 9.64. The van der Waals surface area contributed by atoms with Crippen LogP contribution in [0.3, 0.4) is 0 Å². The zero-order valence-electron chi connectivity index (χ0n) is 19.7. The number of amidine groups is 1. The summed E-state index contributed by atoms with van der Waals surface area (Å²) in [6.07, 6.45) is 4.80.